The molecule has 3 rings (SSSR count). The molecule has 0 spiro atoms. The van der Waals surface area contributed by atoms with E-state index in [-0.39, 0.29) is 5.04 Å². The van der Waals surface area contributed by atoms with Gasteiger partial charge in [0.1, 0.15) is 5.76 Å². The Morgan fingerprint density at radius 3 is 2.61 bits per heavy atom. The molecule has 0 N–H and O–H groups in total. The molecule has 2 unspecified atom stereocenters. The summed E-state index contributed by atoms with van der Waals surface area (Å²) in [7, 11) is -1.71. The number of rotatable bonds is 3. The lowest BCUT2D eigenvalue weighted by Crippen LogP contribution is -2.43. The highest BCUT2D eigenvalue weighted by molar-refractivity contribution is 6.74. The predicted octanol–water partition coefficient (Wildman–Crippen LogP) is 5.98. The minimum atomic E-state index is -1.71. The van der Waals surface area contributed by atoms with Gasteiger partial charge in [-0.3, -0.25) is 0 Å². The fraction of sp³-hybridized carbons (Fsp3) is 0.700. The first-order valence-electron chi connectivity index (χ1n) is 9.13. The van der Waals surface area contributed by atoms with Crippen LogP contribution >= 0.6 is 0 Å². The molecule has 1 heterocycles. The lowest BCUT2D eigenvalue weighted by Gasteiger charge is -2.38. The molecule has 1 fully saturated rings. The van der Waals surface area contributed by atoms with Gasteiger partial charge in [-0.1, -0.05) is 32.9 Å². The van der Waals surface area contributed by atoms with E-state index in [1.165, 1.54) is 48.1 Å². The van der Waals surface area contributed by atoms with Crippen LogP contribution in [-0.2, 0) is 17.3 Å². The third-order valence-corrected chi connectivity index (χ3v) is 10.7. The van der Waals surface area contributed by atoms with Crippen molar-refractivity contribution in [3.8, 4) is 0 Å². The highest BCUT2D eigenvalue weighted by atomic mass is 28.4. The van der Waals surface area contributed by atoms with Gasteiger partial charge in [-0.15, -0.1) is 0 Å². The largest absolute Gasteiger partial charge is 0.468 e. The average molecular weight is 333 g/mol. The normalized spacial score (nSPS) is 25.7. The summed E-state index contributed by atoms with van der Waals surface area (Å²) in [6, 6.07) is 0. The van der Waals surface area contributed by atoms with Crippen LogP contribution in [0.4, 0.5) is 0 Å². The third kappa shape index (κ3) is 3.23. The minimum absolute atomic E-state index is 0.260. The first kappa shape index (κ1) is 17.0. The zero-order valence-corrected chi connectivity index (χ0v) is 16.5. The van der Waals surface area contributed by atoms with Crippen LogP contribution in [0.3, 0.4) is 0 Å². The molecule has 0 bridgehead atoms. The van der Waals surface area contributed by atoms with Crippen LogP contribution in [-0.4, -0.2) is 14.4 Å². The van der Waals surface area contributed by atoms with Crippen molar-refractivity contribution in [1.29, 1.82) is 0 Å². The van der Waals surface area contributed by atoms with Crippen LogP contribution in [0.1, 0.15) is 69.3 Å². The summed E-state index contributed by atoms with van der Waals surface area (Å²) in [5, 5.41) is 0.260. The van der Waals surface area contributed by atoms with Crippen molar-refractivity contribution in [1.82, 2.24) is 0 Å². The van der Waals surface area contributed by atoms with Gasteiger partial charge >= 0.3 is 0 Å². The Morgan fingerprint density at radius 2 is 1.91 bits per heavy atom. The molecule has 0 aromatic carbocycles. The Kier molecular flexibility index (Phi) is 4.39. The van der Waals surface area contributed by atoms with Crippen molar-refractivity contribution in [3.63, 3.8) is 0 Å². The third-order valence-electron chi connectivity index (χ3n) is 6.20. The Hall–Kier alpha value is -0.803. The molecule has 3 heteroatoms. The van der Waals surface area contributed by atoms with Gasteiger partial charge in [0.15, 0.2) is 8.32 Å². The van der Waals surface area contributed by atoms with Crippen LogP contribution in [0.25, 0.3) is 0 Å². The van der Waals surface area contributed by atoms with E-state index in [4.69, 9.17) is 8.84 Å². The van der Waals surface area contributed by atoms with Gasteiger partial charge in [0.05, 0.1) is 6.26 Å². The zero-order chi connectivity index (χ0) is 16.8. The molecule has 2 aliphatic rings. The van der Waals surface area contributed by atoms with Crippen molar-refractivity contribution in [2.75, 3.05) is 0 Å². The van der Waals surface area contributed by atoms with E-state index < -0.39 is 8.32 Å². The van der Waals surface area contributed by atoms with E-state index in [1.54, 1.807) is 0 Å². The molecule has 1 aromatic heterocycles. The van der Waals surface area contributed by atoms with Gasteiger partial charge in [0, 0.05) is 12.0 Å². The van der Waals surface area contributed by atoms with Crippen molar-refractivity contribution in [3.05, 3.63) is 35.3 Å². The molecule has 0 saturated heterocycles. The van der Waals surface area contributed by atoms with Crippen molar-refractivity contribution >= 4 is 8.32 Å². The molecular weight excluding hydrogens is 300 g/mol. The number of furan rings is 1. The SMILES string of the molecule is C=C1CC(O[Si](C)(C)C(C)(C)C)CC1c1occ2c1CCCC2. The molecule has 0 aliphatic heterocycles. The number of aryl methyl sites for hydroxylation is 1. The second kappa shape index (κ2) is 5.93. The van der Waals surface area contributed by atoms with Gasteiger partial charge < -0.3 is 8.84 Å². The minimum Gasteiger partial charge on any atom is -0.468 e. The number of fused-ring (bicyclic) bond motifs is 1. The second-order valence-electron chi connectivity index (χ2n) is 8.96. The lowest BCUT2D eigenvalue weighted by molar-refractivity contribution is 0.186. The van der Waals surface area contributed by atoms with Crippen molar-refractivity contribution < 1.29 is 8.84 Å². The van der Waals surface area contributed by atoms with E-state index in [1.807, 2.05) is 6.26 Å². The van der Waals surface area contributed by atoms with E-state index >= 15 is 0 Å². The zero-order valence-electron chi connectivity index (χ0n) is 15.5. The maximum absolute atomic E-state index is 6.64. The maximum Gasteiger partial charge on any atom is 0.192 e. The standard InChI is InChI=1S/C20H32O2Si/c1-14-11-16(22-23(5,6)20(2,3)4)12-18(14)19-17-10-8-7-9-15(17)13-21-19/h13,16,18H,1,7-12H2,2-6H3. The summed E-state index contributed by atoms with van der Waals surface area (Å²) in [5.74, 6) is 1.57. The summed E-state index contributed by atoms with van der Waals surface area (Å²) in [6.07, 6.45) is 9.31. The van der Waals surface area contributed by atoms with Gasteiger partial charge in [-0.05, 0) is 67.8 Å². The molecular formula is C20H32O2Si. The van der Waals surface area contributed by atoms with Gasteiger partial charge in [0.25, 0.3) is 0 Å². The molecule has 23 heavy (non-hydrogen) atoms. The van der Waals surface area contributed by atoms with Crippen molar-refractivity contribution in [2.24, 2.45) is 0 Å². The highest BCUT2D eigenvalue weighted by Gasteiger charge is 2.42. The van der Waals surface area contributed by atoms with Gasteiger partial charge in [-0.25, -0.2) is 0 Å². The summed E-state index contributed by atoms with van der Waals surface area (Å²) < 4.78 is 12.7. The number of hydrogen-bond acceptors (Lipinski definition) is 2. The van der Waals surface area contributed by atoms with Crippen LogP contribution in [0, 0.1) is 0 Å². The molecule has 1 aromatic rings. The van der Waals surface area contributed by atoms with E-state index in [9.17, 15) is 0 Å². The Labute approximate surface area is 142 Å². The summed E-state index contributed by atoms with van der Waals surface area (Å²) in [4.78, 5) is 0. The van der Waals surface area contributed by atoms with E-state index in [0.717, 1.165) is 12.8 Å². The predicted molar refractivity (Wildman–Crippen MR) is 98.5 cm³/mol. The molecule has 2 nitrogen and oxygen atoms in total. The average Bonchev–Trinajstić information content (AvgIpc) is 3.00. The van der Waals surface area contributed by atoms with Gasteiger partial charge in [0.2, 0.25) is 0 Å². The molecule has 1 saturated carbocycles. The maximum atomic E-state index is 6.64. The summed E-state index contributed by atoms with van der Waals surface area (Å²) >= 11 is 0. The van der Waals surface area contributed by atoms with Crippen LogP contribution < -0.4 is 0 Å². The first-order valence-corrected chi connectivity index (χ1v) is 12.0. The molecule has 0 radical (unpaired) electrons. The van der Waals surface area contributed by atoms with E-state index in [2.05, 4.69) is 40.4 Å². The first-order chi connectivity index (χ1) is 10.7. The molecule has 2 atom stereocenters. The smallest absolute Gasteiger partial charge is 0.192 e. The fourth-order valence-corrected chi connectivity index (χ4v) is 5.13. The molecule has 2 aliphatic carbocycles. The molecule has 0 amide bonds. The van der Waals surface area contributed by atoms with Crippen LogP contribution in [0.15, 0.2) is 22.8 Å². The van der Waals surface area contributed by atoms with Crippen LogP contribution in [0.5, 0.6) is 0 Å². The summed E-state index contributed by atoms with van der Waals surface area (Å²) in [5.41, 5.74) is 4.22. The fourth-order valence-electron chi connectivity index (χ4n) is 3.76. The van der Waals surface area contributed by atoms with E-state index in [0.29, 0.717) is 12.0 Å². The second-order valence-corrected chi connectivity index (χ2v) is 13.7. The Morgan fingerprint density at radius 1 is 1.22 bits per heavy atom. The van der Waals surface area contributed by atoms with Crippen molar-refractivity contribution in [2.45, 2.75) is 89.5 Å². The quantitative estimate of drug-likeness (QED) is 0.501. The topological polar surface area (TPSA) is 22.4 Å². The Bertz CT molecular complexity index is 591. The van der Waals surface area contributed by atoms with Crippen LogP contribution in [0.2, 0.25) is 18.1 Å². The Balaban J connectivity index is 1.75. The monoisotopic (exact) mass is 332 g/mol. The molecule has 128 valence electrons. The summed E-state index contributed by atoms with van der Waals surface area (Å²) in [6.45, 7) is 16.0. The lowest BCUT2D eigenvalue weighted by atomic mass is 9.89. The highest BCUT2D eigenvalue weighted by Crippen LogP contribution is 2.46. The van der Waals surface area contributed by atoms with Gasteiger partial charge in [-0.2, -0.15) is 0 Å². The number of hydrogen-bond donors (Lipinski definition) is 0.